The molecule has 0 bridgehead atoms. The highest BCUT2D eigenvalue weighted by Gasteiger charge is 2.32. The number of hydrogen-bond donors (Lipinski definition) is 2. The minimum atomic E-state index is -3.65. The normalized spacial score (nSPS) is 22.2. The second-order valence-electron chi connectivity index (χ2n) is 4.39. The Morgan fingerprint density at radius 3 is 2.89 bits per heavy atom. The third kappa shape index (κ3) is 2.36. The van der Waals surface area contributed by atoms with Crippen molar-refractivity contribution >= 4 is 15.8 Å². The summed E-state index contributed by atoms with van der Waals surface area (Å²) in [4.78, 5) is 0.0263. The van der Waals surface area contributed by atoms with Gasteiger partial charge in [-0.2, -0.15) is 9.40 Å². The fraction of sp³-hybridized carbons (Fsp3) is 0.700. The van der Waals surface area contributed by atoms with Crippen molar-refractivity contribution < 1.29 is 13.5 Å². The number of anilines is 1. The molecule has 1 aromatic rings. The molecule has 2 heterocycles. The number of aliphatic hydroxyl groups excluding tert-OH is 1. The van der Waals surface area contributed by atoms with Crippen molar-refractivity contribution in [3.63, 3.8) is 0 Å². The van der Waals surface area contributed by atoms with Crippen LogP contribution in [-0.4, -0.2) is 46.8 Å². The molecule has 18 heavy (non-hydrogen) atoms. The Kier molecular flexibility index (Phi) is 3.60. The third-order valence-electron chi connectivity index (χ3n) is 3.06. The number of β-amino-alcohol motifs (C(OH)–C–C–N with tert-alkyl or cyclic N) is 1. The lowest BCUT2D eigenvalue weighted by Gasteiger charge is -2.28. The van der Waals surface area contributed by atoms with Gasteiger partial charge < -0.3 is 10.8 Å². The summed E-state index contributed by atoms with van der Waals surface area (Å²) in [5.41, 5.74) is 5.64. The summed E-state index contributed by atoms with van der Waals surface area (Å²) in [6.45, 7) is 2.95. The predicted molar refractivity (Wildman–Crippen MR) is 66.3 cm³/mol. The Morgan fingerprint density at radius 2 is 2.33 bits per heavy atom. The Hall–Kier alpha value is -1.12. The van der Waals surface area contributed by atoms with E-state index in [-0.39, 0.29) is 17.3 Å². The second-order valence-corrected chi connectivity index (χ2v) is 6.30. The number of aryl methyl sites for hydroxylation is 1. The zero-order valence-corrected chi connectivity index (χ0v) is 11.1. The average molecular weight is 274 g/mol. The summed E-state index contributed by atoms with van der Waals surface area (Å²) >= 11 is 0. The van der Waals surface area contributed by atoms with Crippen LogP contribution >= 0.6 is 0 Å². The highest BCUT2D eigenvalue weighted by molar-refractivity contribution is 7.89. The minimum Gasteiger partial charge on any atom is -0.392 e. The van der Waals surface area contributed by atoms with Gasteiger partial charge in [0.2, 0.25) is 10.0 Å². The van der Waals surface area contributed by atoms with Crippen LogP contribution in [0.4, 0.5) is 5.82 Å². The summed E-state index contributed by atoms with van der Waals surface area (Å²) in [6.07, 6.45) is 2.12. The molecule has 102 valence electrons. The molecule has 1 aromatic heterocycles. The molecule has 7 nitrogen and oxygen atoms in total. The molecule has 1 aliphatic rings. The lowest BCUT2D eigenvalue weighted by molar-refractivity contribution is 0.108. The average Bonchev–Trinajstić information content (AvgIpc) is 2.71. The van der Waals surface area contributed by atoms with Crippen molar-refractivity contribution in [2.75, 3.05) is 18.8 Å². The number of aromatic nitrogens is 2. The van der Waals surface area contributed by atoms with Gasteiger partial charge in [0, 0.05) is 25.8 Å². The summed E-state index contributed by atoms with van der Waals surface area (Å²) < 4.78 is 27.5. The molecular weight excluding hydrogens is 256 g/mol. The van der Waals surface area contributed by atoms with E-state index in [0.717, 1.165) is 0 Å². The molecular formula is C10H18N4O3S. The molecule has 1 aliphatic heterocycles. The quantitative estimate of drug-likeness (QED) is 0.783. The molecule has 0 aromatic carbocycles. The maximum atomic E-state index is 12.4. The monoisotopic (exact) mass is 274 g/mol. The van der Waals surface area contributed by atoms with Gasteiger partial charge in [-0.1, -0.05) is 0 Å². The lowest BCUT2D eigenvalue weighted by atomic mass is 10.1. The van der Waals surface area contributed by atoms with Crippen LogP contribution in [0.1, 0.15) is 19.8 Å². The first-order valence-corrected chi connectivity index (χ1v) is 7.40. The SMILES string of the molecule is CCn1cc(S(=O)(=O)N2CCCC(O)C2)c(N)n1. The molecule has 0 spiro atoms. The van der Waals surface area contributed by atoms with Gasteiger partial charge in [-0.05, 0) is 19.8 Å². The number of aliphatic hydroxyl groups is 1. The molecule has 0 amide bonds. The second kappa shape index (κ2) is 4.87. The standard InChI is InChI=1S/C10H18N4O3S/c1-2-13-7-9(10(11)12-13)18(16,17)14-5-3-4-8(15)6-14/h7-8,15H,2-6H2,1H3,(H2,11,12). The zero-order valence-electron chi connectivity index (χ0n) is 10.3. The van der Waals surface area contributed by atoms with Gasteiger partial charge in [-0.3, -0.25) is 4.68 Å². The summed E-state index contributed by atoms with van der Waals surface area (Å²) in [6, 6.07) is 0. The smallest absolute Gasteiger partial charge is 0.248 e. The van der Waals surface area contributed by atoms with Crippen LogP contribution in [0.3, 0.4) is 0 Å². The van der Waals surface area contributed by atoms with Crippen LogP contribution in [0.15, 0.2) is 11.1 Å². The molecule has 0 saturated carbocycles. The van der Waals surface area contributed by atoms with Crippen LogP contribution in [-0.2, 0) is 16.6 Å². The zero-order chi connectivity index (χ0) is 13.3. The van der Waals surface area contributed by atoms with Crippen LogP contribution in [0.25, 0.3) is 0 Å². The maximum Gasteiger partial charge on any atom is 0.248 e. The molecule has 1 saturated heterocycles. The molecule has 3 N–H and O–H groups in total. The summed E-state index contributed by atoms with van der Waals surface area (Å²) in [5, 5.41) is 13.5. The van der Waals surface area contributed by atoms with Crippen molar-refractivity contribution in [3.05, 3.63) is 6.20 Å². The van der Waals surface area contributed by atoms with E-state index in [1.54, 1.807) is 0 Å². The van der Waals surface area contributed by atoms with Gasteiger partial charge >= 0.3 is 0 Å². The van der Waals surface area contributed by atoms with E-state index < -0.39 is 16.1 Å². The fourth-order valence-electron chi connectivity index (χ4n) is 2.06. The van der Waals surface area contributed by atoms with Crippen LogP contribution in [0.5, 0.6) is 0 Å². The molecule has 1 fully saturated rings. The van der Waals surface area contributed by atoms with Gasteiger partial charge in [0.25, 0.3) is 0 Å². The van der Waals surface area contributed by atoms with Gasteiger partial charge in [0.15, 0.2) is 5.82 Å². The topological polar surface area (TPSA) is 101 Å². The third-order valence-corrected chi connectivity index (χ3v) is 4.94. The van der Waals surface area contributed by atoms with E-state index in [1.165, 1.54) is 15.2 Å². The number of nitrogens with zero attached hydrogens (tertiary/aromatic N) is 3. The van der Waals surface area contributed by atoms with Crippen molar-refractivity contribution in [2.45, 2.75) is 37.3 Å². The highest BCUT2D eigenvalue weighted by atomic mass is 32.2. The van der Waals surface area contributed by atoms with Gasteiger partial charge in [0.1, 0.15) is 4.90 Å². The van der Waals surface area contributed by atoms with Crippen molar-refractivity contribution in [2.24, 2.45) is 0 Å². The molecule has 0 radical (unpaired) electrons. The molecule has 1 unspecified atom stereocenters. The molecule has 2 rings (SSSR count). The van der Waals surface area contributed by atoms with E-state index in [0.29, 0.717) is 25.9 Å². The van der Waals surface area contributed by atoms with Gasteiger partial charge in [-0.25, -0.2) is 8.42 Å². The fourth-order valence-corrected chi connectivity index (χ4v) is 3.63. The first-order valence-electron chi connectivity index (χ1n) is 5.96. The van der Waals surface area contributed by atoms with Crippen molar-refractivity contribution in [1.82, 2.24) is 14.1 Å². The number of nitrogens with two attached hydrogens (primary N) is 1. The van der Waals surface area contributed by atoms with E-state index >= 15 is 0 Å². The number of rotatable bonds is 3. The maximum absolute atomic E-state index is 12.4. The minimum absolute atomic E-state index is 0.0110. The highest BCUT2D eigenvalue weighted by Crippen LogP contribution is 2.24. The number of hydrogen-bond acceptors (Lipinski definition) is 5. The Labute approximate surface area is 106 Å². The first kappa shape index (κ1) is 13.3. The van der Waals surface area contributed by atoms with Crippen LogP contribution in [0.2, 0.25) is 0 Å². The Morgan fingerprint density at radius 1 is 1.61 bits per heavy atom. The van der Waals surface area contributed by atoms with E-state index in [1.807, 2.05) is 6.92 Å². The summed E-state index contributed by atoms with van der Waals surface area (Å²) in [7, 11) is -3.65. The molecule has 8 heteroatoms. The largest absolute Gasteiger partial charge is 0.392 e. The molecule has 0 aliphatic carbocycles. The number of nitrogen functional groups attached to an aromatic ring is 1. The van der Waals surface area contributed by atoms with E-state index in [9.17, 15) is 13.5 Å². The first-order chi connectivity index (χ1) is 8.45. The number of sulfonamides is 1. The van der Waals surface area contributed by atoms with Crippen molar-refractivity contribution in [1.29, 1.82) is 0 Å². The van der Waals surface area contributed by atoms with Gasteiger partial charge in [-0.15, -0.1) is 0 Å². The van der Waals surface area contributed by atoms with Crippen LogP contribution < -0.4 is 5.73 Å². The molecule has 1 atom stereocenters. The van der Waals surface area contributed by atoms with Gasteiger partial charge in [0.05, 0.1) is 6.10 Å². The van der Waals surface area contributed by atoms with Crippen LogP contribution in [0, 0.1) is 0 Å². The van der Waals surface area contributed by atoms with Crippen molar-refractivity contribution in [3.8, 4) is 0 Å². The van der Waals surface area contributed by atoms with E-state index in [4.69, 9.17) is 5.73 Å². The Balaban J connectivity index is 2.32. The lowest BCUT2D eigenvalue weighted by Crippen LogP contribution is -2.42. The Bertz CT molecular complexity index is 525. The number of piperidine rings is 1. The predicted octanol–water partition coefficient (Wildman–Crippen LogP) is -0.369. The summed E-state index contributed by atoms with van der Waals surface area (Å²) in [5.74, 6) is 0.0110. The van der Waals surface area contributed by atoms with E-state index in [2.05, 4.69) is 5.10 Å².